The summed E-state index contributed by atoms with van der Waals surface area (Å²) in [4.78, 5) is 42.2. The Bertz CT molecular complexity index is 1080. The number of halogens is 1. The molecule has 1 N–H and O–H groups in total. The zero-order valence-corrected chi connectivity index (χ0v) is 16.1. The summed E-state index contributed by atoms with van der Waals surface area (Å²) in [6.07, 6.45) is 1.30. The summed E-state index contributed by atoms with van der Waals surface area (Å²) in [7, 11) is 0. The number of nitrogens with zero attached hydrogens (tertiary/aromatic N) is 2. The number of rotatable bonds is 5. The fourth-order valence-corrected chi connectivity index (χ4v) is 3.56. The van der Waals surface area contributed by atoms with E-state index in [4.69, 9.17) is 16.3 Å². The van der Waals surface area contributed by atoms with Gasteiger partial charge in [0.1, 0.15) is 10.9 Å². The number of thiophene rings is 1. The van der Waals surface area contributed by atoms with Crippen LogP contribution in [-0.4, -0.2) is 28.0 Å². The largest absolute Gasteiger partial charge is 0.462 e. The maximum absolute atomic E-state index is 12.9. The number of para-hydroxylation sites is 1. The Kier molecular flexibility index (Phi) is 5.57. The smallest absolute Gasteiger partial charge is 0.339 e. The normalized spacial score (nSPS) is 12.0. The Balaban J connectivity index is 1.96. The van der Waals surface area contributed by atoms with E-state index in [-0.39, 0.29) is 17.6 Å². The molecule has 140 valence electrons. The van der Waals surface area contributed by atoms with Gasteiger partial charge in [-0.25, -0.2) is 9.78 Å². The number of aromatic nitrogens is 2. The van der Waals surface area contributed by atoms with Crippen molar-refractivity contribution in [3.8, 4) is 0 Å². The van der Waals surface area contributed by atoms with Crippen LogP contribution >= 0.6 is 22.9 Å². The van der Waals surface area contributed by atoms with Gasteiger partial charge >= 0.3 is 5.97 Å². The van der Waals surface area contributed by atoms with Gasteiger partial charge in [-0.3, -0.25) is 14.2 Å². The molecule has 3 rings (SSSR count). The lowest BCUT2D eigenvalue weighted by Crippen LogP contribution is -2.32. The molecule has 0 spiro atoms. The summed E-state index contributed by atoms with van der Waals surface area (Å²) in [5, 5.41) is 4.77. The zero-order valence-electron chi connectivity index (χ0n) is 14.6. The molecule has 0 aliphatic heterocycles. The van der Waals surface area contributed by atoms with Gasteiger partial charge < -0.3 is 10.1 Å². The predicted octanol–water partition coefficient (Wildman–Crippen LogP) is 3.49. The molecule has 0 saturated heterocycles. The number of carbonyl (C=O) groups excluding carboxylic acids is 2. The van der Waals surface area contributed by atoms with E-state index in [9.17, 15) is 14.4 Å². The summed E-state index contributed by atoms with van der Waals surface area (Å²) in [5.41, 5.74) is 0.120. The fraction of sp³-hybridized carbons (Fsp3) is 0.222. The van der Waals surface area contributed by atoms with Crippen LogP contribution in [0.1, 0.15) is 30.2 Å². The summed E-state index contributed by atoms with van der Waals surface area (Å²) < 4.78 is 6.17. The van der Waals surface area contributed by atoms with Crippen molar-refractivity contribution in [2.24, 2.45) is 0 Å². The van der Waals surface area contributed by atoms with Gasteiger partial charge in [0.15, 0.2) is 0 Å². The molecule has 0 fully saturated rings. The van der Waals surface area contributed by atoms with Crippen LogP contribution in [0.15, 0.2) is 40.8 Å². The van der Waals surface area contributed by atoms with Crippen molar-refractivity contribution in [3.05, 3.63) is 56.9 Å². The molecule has 1 unspecified atom stereocenters. The van der Waals surface area contributed by atoms with Crippen molar-refractivity contribution in [1.29, 1.82) is 0 Å². The first kappa shape index (κ1) is 19.1. The summed E-state index contributed by atoms with van der Waals surface area (Å²) in [5.74, 6) is -1.02. The van der Waals surface area contributed by atoms with Crippen LogP contribution in [0.2, 0.25) is 5.02 Å². The Morgan fingerprint density at radius 3 is 2.81 bits per heavy atom. The molecule has 0 aliphatic rings. The number of fused-ring (bicyclic) bond motifs is 1. The molecule has 27 heavy (non-hydrogen) atoms. The van der Waals surface area contributed by atoms with E-state index in [1.165, 1.54) is 27.6 Å². The van der Waals surface area contributed by atoms with Crippen LogP contribution in [0, 0.1) is 0 Å². The van der Waals surface area contributed by atoms with Crippen LogP contribution < -0.4 is 10.9 Å². The Labute approximate surface area is 163 Å². The van der Waals surface area contributed by atoms with Crippen LogP contribution in [-0.2, 0) is 9.53 Å². The highest BCUT2D eigenvalue weighted by atomic mass is 35.5. The molecule has 9 heteroatoms. The van der Waals surface area contributed by atoms with E-state index >= 15 is 0 Å². The van der Waals surface area contributed by atoms with Gasteiger partial charge in [-0.1, -0.05) is 23.7 Å². The maximum atomic E-state index is 12.9. The number of amides is 1. The third-order valence-corrected chi connectivity index (χ3v) is 5.16. The quantitative estimate of drug-likeness (QED) is 0.656. The summed E-state index contributed by atoms with van der Waals surface area (Å²) in [6, 6.07) is 5.94. The number of benzene rings is 1. The SMILES string of the molecule is CCOC(=O)c1csc2ncn(C(C)C(=O)Nc3ccccc3Cl)c(=O)c12. The van der Waals surface area contributed by atoms with Crippen molar-refractivity contribution < 1.29 is 14.3 Å². The molecule has 7 nitrogen and oxygen atoms in total. The van der Waals surface area contributed by atoms with Crippen molar-refractivity contribution in [2.75, 3.05) is 11.9 Å². The maximum Gasteiger partial charge on any atom is 0.339 e. The average molecular weight is 406 g/mol. The second-order valence-corrected chi connectivity index (χ2v) is 6.92. The van der Waals surface area contributed by atoms with Gasteiger partial charge in [-0.15, -0.1) is 11.3 Å². The molecule has 2 heterocycles. The zero-order chi connectivity index (χ0) is 19.6. The van der Waals surface area contributed by atoms with Gasteiger partial charge in [-0.2, -0.15) is 0 Å². The minimum absolute atomic E-state index is 0.151. The molecular formula is C18H16ClN3O4S. The molecule has 2 aromatic heterocycles. The standard InChI is InChI=1S/C18H16ClN3O4S/c1-3-26-18(25)11-8-27-16-14(11)17(24)22(9-20-16)10(2)15(23)21-13-7-5-4-6-12(13)19/h4-10H,3H2,1-2H3,(H,21,23). The van der Waals surface area contributed by atoms with Gasteiger partial charge in [0.05, 0.1) is 34.6 Å². The van der Waals surface area contributed by atoms with Crippen LogP contribution in [0.4, 0.5) is 5.69 Å². The molecule has 0 aliphatic carbocycles. The Morgan fingerprint density at radius 1 is 1.37 bits per heavy atom. The minimum atomic E-state index is -0.861. The summed E-state index contributed by atoms with van der Waals surface area (Å²) in [6.45, 7) is 3.45. The first-order valence-corrected chi connectivity index (χ1v) is 9.40. The van der Waals surface area contributed by atoms with E-state index in [2.05, 4.69) is 10.3 Å². The van der Waals surface area contributed by atoms with Crippen LogP contribution in [0.5, 0.6) is 0 Å². The van der Waals surface area contributed by atoms with Gasteiger partial charge in [-0.05, 0) is 26.0 Å². The van der Waals surface area contributed by atoms with E-state index in [0.717, 1.165) is 0 Å². The lowest BCUT2D eigenvalue weighted by Gasteiger charge is -2.15. The number of nitrogens with one attached hydrogen (secondary N) is 1. The second-order valence-electron chi connectivity index (χ2n) is 5.65. The minimum Gasteiger partial charge on any atom is -0.462 e. The molecular weight excluding hydrogens is 390 g/mol. The molecule has 3 aromatic rings. The second kappa shape index (κ2) is 7.89. The Hall–Kier alpha value is -2.71. The number of esters is 1. The number of ether oxygens (including phenoxy) is 1. The topological polar surface area (TPSA) is 90.3 Å². The molecule has 0 bridgehead atoms. The van der Waals surface area contributed by atoms with E-state index in [1.54, 1.807) is 38.1 Å². The van der Waals surface area contributed by atoms with Crippen molar-refractivity contribution in [1.82, 2.24) is 9.55 Å². The van der Waals surface area contributed by atoms with Gasteiger partial charge in [0.25, 0.3) is 5.56 Å². The van der Waals surface area contributed by atoms with Crippen LogP contribution in [0.25, 0.3) is 10.2 Å². The molecule has 1 aromatic carbocycles. The average Bonchev–Trinajstić information content (AvgIpc) is 3.09. The monoisotopic (exact) mass is 405 g/mol. The van der Waals surface area contributed by atoms with Crippen molar-refractivity contribution in [2.45, 2.75) is 19.9 Å². The van der Waals surface area contributed by atoms with E-state index in [1.807, 2.05) is 0 Å². The van der Waals surface area contributed by atoms with E-state index in [0.29, 0.717) is 15.5 Å². The third kappa shape index (κ3) is 3.72. The van der Waals surface area contributed by atoms with Gasteiger partial charge in [0.2, 0.25) is 5.91 Å². The predicted molar refractivity (Wildman–Crippen MR) is 105 cm³/mol. The lowest BCUT2D eigenvalue weighted by atomic mass is 10.2. The van der Waals surface area contributed by atoms with Crippen molar-refractivity contribution in [3.63, 3.8) is 0 Å². The first-order chi connectivity index (χ1) is 12.9. The molecule has 1 amide bonds. The third-order valence-electron chi connectivity index (χ3n) is 3.94. The molecule has 0 radical (unpaired) electrons. The highest BCUT2D eigenvalue weighted by Crippen LogP contribution is 2.24. The number of hydrogen-bond acceptors (Lipinski definition) is 6. The van der Waals surface area contributed by atoms with Gasteiger partial charge in [0, 0.05) is 5.38 Å². The molecule has 1 atom stereocenters. The lowest BCUT2D eigenvalue weighted by molar-refractivity contribution is -0.118. The molecule has 0 saturated carbocycles. The fourth-order valence-electron chi connectivity index (χ4n) is 2.51. The highest BCUT2D eigenvalue weighted by Gasteiger charge is 2.23. The summed E-state index contributed by atoms with van der Waals surface area (Å²) >= 11 is 7.23. The first-order valence-electron chi connectivity index (χ1n) is 8.14. The van der Waals surface area contributed by atoms with Crippen LogP contribution in [0.3, 0.4) is 0 Å². The number of hydrogen-bond donors (Lipinski definition) is 1. The Morgan fingerprint density at radius 2 is 2.11 bits per heavy atom. The van der Waals surface area contributed by atoms with Crippen molar-refractivity contribution >= 4 is 50.7 Å². The van der Waals surface area contributed by atoms with E-state index < -0.39 is 23.5 Å². The number of carbonyl (C=O) groups is 2. The highest BCUT2D eigenvalue weighted by molar-refractivity contribution is 7.17. The number of anilines is 1.